The number of carbonyl (C=O) groups excluding carboxylic acids is 1. The van der Waals surface area contributed by atoms with Crippen molar-refractivity contribution in [3.63, 3.8) is 0 Å². The summed E-state index contributed by atoms with van der Waals surface area (Å²) in [6, 6.07) is 6.33. The van der Waals surface area contributed by atoms with Crippen LogP contribution in [0.5, 0.6) is 5.75 Å². The van der Waals surface area contributed by atoms with Crippen LogP contribution in [-0.2, 0) is 0 Å². The Bertz CT molecular complexity index is 515. The molecule has 1 saturated heterocycles. The minimum atomic E-state index is -0.415. The second-order valence-corrected chi connectivity index (χ2v) is 5.78. The molecule has 1 unspecified atom stereocenters. The number of nitrogens with two attached hydrogens (primary N) is 1. The van der Waals surface area contributed by atoms with Gasteiger partial charge in [0.2, 0.25) is 0 Å². The van der Waals surface area contributed by atoms with Gasteiger partial charge in [0.15, 0.2) is 5.75 Å². The minimum Gasteiger partial charge on any atom is -0.491 e. The molecule has 1 amide bonds. The van der Waals surface area contributed by atoms with Gasteiger partial charge in [-0.15, -0.1) is 0 Å². The number of amides is 1. The number of hydrogen-bond donors (Lipinski definition) is 1. The SMILES string of the molecule is CCCOc1c(C(N)=O)cccc1N1CC2CCC[C@@H]21. The van der Waals surface area contributed by atoms with Gasteiger partial charge < -0.3 is 15.4 Å². The topological polar surface area (TPSA) is 55.6 Å². The van der Waals surface area contributed by atoms with Crippen molar-refractivity contribution in [3.05, 3.63) is 23.8 Å². The van der Waals surface area contributed by atoms with E-state index in [9.17, 15) is 4.79 Å². The van der Waals surface area contributed by atoms with E-state index in [0.29, 0.717) is 24.0 Å². The van der Waals surface area contributed by atoms with Gasteiger partial charge in [-0.2, -0.15) is 0 Å². The molecule has 0 aromatic heterocycles. The Morgan fingerprint density at radius 3 is 3.00 bits per heavy atom. The van der Waals surface area contributed by atoms with Crippen molar-refractivity contribution in [3.8, 4) is 5.75 Å². The number of carbonyl (C=O) groups is 1. The first kappa shape index (κ1) is 13.3. The minimum absolute atomic E-state index is 0.415. The van der Waals surface area contributed by atoms with Gasteiger partial charge in [0.05, 0.1) is 17.9 Å². The lowest BCUT2D eigenvalue weighted by Crippen LogP contribution is -2.53. The van der Waals surface area contributed by atoms with Crippen molar-refractivity contribution >= 4 is 11.6 Å². The van der Waals surface area contributed by atoms with E-state index < -0.39 is 5.91 Å². The van der Waals surface area contributed by atoms with Crippen LogP contribution in [-0.4, -0.2) is 25.1 Å². The van der Waals surface area contributed by atoms with Crippen molar-refractivity contribution in [2.45, 2.75) is 38.6 Å². The van der Waals surface area contributed by atoms with Crippen molar-refractivity contribution < 1.29 is 9.53 Å². The zero-order chi connectivity index (χ0) is 14.1. The highest BCUT2D eigenvalue weighted by molar-refractivity contribution is 5.97. The smallest absolute Gasteiger partial charge is 0.252 e. The molecule has 1 saturated carbocycles. The standard InChI is InChI=1S/C16H22N2O2/c1-2-9-20-15-12(16(17)19)6-4-8-14(15)18-10-11-5-3-7-13(11)18/h4,6,8,11,13H,2-3,5,7,9-10H2,1H3,(H2,17,19)/t11?,13-/m0/s1. The summed E-state index contributed by atoms with van der Waals surface area (Å²) < 4.78 is 5.84. The van der Waals surface area contributed by atoms with Crippen LogP contribution in [0, 0.1) is 5.92 Å². The molecule has 1 heterocycles. The third-order valence-corrected chi connectivity index (χ3v) is 4.47. The molecule has 2 atom stereocenters. The molecule has 1 aliphatic heterocycles. The van der Waals surface area contributed by atoms with Crippen LogP contribution < -0.4 is 15.4 Å². The maximum atomic E-state index is 11.6. The molecule has 2 N–H and O–H groups in total. The predicted molar refractivity (Wildman–Crippen MR) is 79.2 cm³/mol. The fourth-order valence-corrected chi connectivity index (χ4v) is 3.47. The Morgan fingerprint density at radius 1 is 1.45 bits per heavy atom. The summed E-state index contributed by atoms with van der Waals surface area (Å²) in [5.41, 5.74) is 7.02. The van der Waals surface area contributed by atoms with E-state index in [1.54, 1.807) is 6.07 Å². The van der Waals surface area contributed by atoms with Gasteiger partial charge >= 0.3 is 0 Å². The maximum absolute atomic E-state index is 11.6. The van der Waals surface area contributed by atoms with E-state index in [1.807, 2.05) is 12.1 Å². The Hall–Kier alpha value is -1.71. The molecule has 108 valence electrons. The molecule has 1 aromatic carbocycles. The highest BCUT2D eigenvalue weighted by atomic mass is 16.5. The Balaban J connectivity index is 1.92. The number of hydrogen-bond acceptors (Lipinski definition) is 3. The van der Waals surface area contributed by atoms with Crippen LogP contribution in [0.25, 0.3) is 0 Å². The lowest BCUT2D eigenvalue weighted by molar-refractivity contribution is 0.0996. The second-order valence-electron chi connectivity index (χ2n) is 5.78. The van der Waals surface area contributed by atoms with Gasteiger partial charge in [0.1, 0.15) is 0 Å². The largest absolute Gasteiger partial charge is 0.491 e. The quantitative estimate of drug-likeness (QED) is 0.897. The third-order valence-electron chi connectivity index (χ3n) is 4.47. The van der Waals surface area contributed by atoms with E-state index in [1.165, 1.54) is 19.3 Å². The van der Waals surface area contributed by atoms with E-state index in [4.69, 9.17) is 10.5 Å². The molecule has 0 bridgehead atoms. The molecule has 4 nitrogen and oxygen atoms in total. The van der Waals surface area contributed by atoms with Gasteiger partial charge in [-0.1, -0.05) is 19.4 Å². The Morgan fingerprint density at radius 2 is 2.30 bits per heavy atom. The molecule has 1 aromatic rings. The summed E-state index contributed by atoms with van der Waals surface area (Å²) >= 11 is 0. The number of ether oxygens (including phenoxy) is 1. The van der Waals surface area contributed by atoms with Crippen molar-refractivity contribution in [2.24, 2.45) is 11.7 Å². The van der Waals surface area contributed by atoms with Gasteiger partial charge in [0, 0.05) is 12.6 Å². The fourth-order valence-electron chi connectivity index (χ4n) is 3.47. The lowest BCUT2D eigenvalue weighted by atomic mass is 9.90. The average Bonchev–Trinajstić information content (AvgIpc) is 2.78. The van der Waals surface area contributed by atoms with E-state index >= 15 is 0 Å². The molecule has 1 aliphatic carbocycles. The summed E-state index contributed by atoms with van der Waals surface area (Å²) in [7, 11) is 0. The zero-order valence-electron chi connectivity index (χ0n) is 12.0. The molecule has 3 rings (SSSR count). The Labute approximate surface area is 119 Å². The number of para-hydroxylation sites is 1. The highest BCUT2D eigenvalue weighted by Gasteiger charge is 2.43. The van der Waals surface area contributed by atoms with Crippen LogP contribution in [0.4, 0.5) is 5.69 Å². The van der Waals surface area contributed by atoms with Gasteiger partial charge in [-0.3, -0.25) is 4.79 Å². The number of primary amides is 1. The monoisotopic (exact) mass is 274 g/mol. The third kappa shape index (κ3) is 2.13. The van der Waals surface area contributed by atoms with Crippen LogP contribution in [0.15, 0.2) is 18.2 Å². The normalized spacial score (nSPS) is 24.1. The molecule has 2 fully saturated rings. The number of benzene rings is 1. The summed E-state index contributed by atoms with van der Waals surface area (Å²) in [4.78, 5) is 14.0. The first-order chi connectivity index (χ1) is 9.72. The summed E-state index contributed by atoms with van der Waals surface area (Å²) in [5, 5.41) is 0. The van der Waals surface area contributed by atoms with Crippen molar-refractivity contribution in [1.82, 2.24) is 0 Å². The molecule has 0 spiro atoms. The van der Waals surface area contributed by atoms with Crippen molar-refractivity contribution in [1.29, 1.82) is 0 Å². The first-order valence-electron chi connectivity index (χ1n) is 7.54. The lowest BCUT2D eigenvalue weighted by Gasteiger charge is -2.47. The number of anilines is 1. The molecular formula is C16H22N2O2. The summed E-state index contributed by atoms with van der Waals surface area (Å²) in [5.74, 6) is 1.08. The van der Waals surface area contributed by atoms with Crippen LogP contribution in [0.3, 0.4) is 0 Å². The van der Waals surface area contributed by atoms with E-state index in [-0.39, 0.29) is 0 Å². The molecule has 0 radical (unpaired) electrons. The summed E-state index contributed by atoms with van der Waals surface area (Å²) in [6.07, 6.45) is 4.81. The van der Waals surface area contributed by atoms with Gasteiger partial charge in [-0.05, 0) is 37.3 Å². The van der Waals surface area contributed by atoms with E-state index in [2.05, 4.69) is 11.8 Å². The zero-order valence-corrected chi connectivity index (χ0v) is 12.0. The second kappa shape index (κ2) is 5.35. The van der Waals surface area contributed by atoms with Crippen molar-refractivity contribution in [2.75, 3.05) is 18.1 Å². The van der Waals surface area contributed by atoms with Crippen LogP contribution >= 0.6 is 0 Å². The maximum Gasteiger partial charge on any atom is 0.252 e. The predicted octanol–water partition coefficient (Wildman–Crippen LogP) is 2.56. The molecule has 4 heteroatoms. The van der Waals surface area contributed by atoms with Crippen LogP contribution in [0.2, 0.25) is 0 Å². The first-order valence-corrected chi connectivity index (χ1v) is 7.54. The average molecular weight is 274 g/mol. The Kier molecular flexibility index (Phi) is 3.55. The fraction of sp³-hybridized carbons (Fsp3) is 0.562. The number of rotatable bonds is 5. The van der Waals surface area contributed by atoms with Crippen LogP contribution in [0.1, 0.15) is 43.0 Å². The van der Waals surface area contributed by atoms with E-state index in [0.717, 1.165) is 24.6 Å². The highest BCUT2D eigenvalue weighted by Crippen LogP contribution is 2.45. The molecular weight excluding hydrogens is 252 g/mol. The summed E-state index contributed by atoms with van der Waals surface area (Å²) in [6.45, 7) is 3.75. The molecule has 20 heavy (non-hydrogen) atoms. The van der Waals surface area contributed by atoms with Gasteiger partial charge in [-0.25, -0.2) is 0 Å². The molecule has 2 aliphatic rings. The number of fused-ring (bicyclic) bond motifs is 1. The van der Waals surface area contributed by atoms with Gasteiger partial charge in [0.25, 0.3) is 5.91 Å². The number of nitrogens with zero attached hydrogens (tertiary/aromatic N) is 1.